The maximum atomic E-state index is 10.9. The Labute approximate surface area is 75.4 Å². The summed E-state index contributed by atoms with van der Waals surface area (Å²) in [7, 11) is 0. The minimum Gasteiger partial charge on any atom is -0.480 e. The molecule has 3 N–H and O–H groups in total. The van der Waals surface area contributed by atoms with Gasteiger partial charge in [0.2, 0.25) is 0 Å². The number of fused-ring (bicyclic) bond motifs is 1. The second-order valence-electron chi connectivity index (χ2n) is 3.27. The number of aliphatic carboxylic acids is 1. The fourth-order valence-electron chi connectivity index (χ4n) is 1.72. The van der Waals surface area contributed by atoms with E-state index in [1.807, 2.05) is 0 Å². The van der Waals surface area contributed by atoms with Crippen molar-refractivity contribution >= 4 is 5.97 Å². The van der Waals surface area contributed by atoms with Crippen molar-refractivity contribution in [2.75, 3.05) is 0 Å². The lowest BCUT2D eigenvalue weighted by atomic mass is 9.94. The number of hydrogen-bond donors (Lipinski definition) is 2. The Kier molecular flexibility index (Phi) is 1.60. The molecule has 4 heteroatoms. The van der Waals surface area contributed by atoms with Gasteiger partial charge in [-0.3, -0.25) is 4.98 Å². The van der Waals surface area contributed by atoms with Crippen molar-refractivity contribution in [1.29, 1.82) is 0 Å². The number of hydrogen-bond acceptors (Lipinski definition) is 3. The highest BCUT2D eigenvalue weighted by Gasteiger charge is 2.42. The molecular weight excluding hydrogens is 168 g/mol. The Hall–Kier alpha value is -1.42. The maximum absolute atomic E-state index is 10.9. The number of rotatable bonds is 1. The predicted molar refractivity (Wildman–Crippen MR) is 46.1 cm³/mol. The zero-order valence-electron chi connectivity index (χ0n) is 7.03. The van der Waals surface area contributed by atoms with E-state index in [-0.39, 0.29) is 0 Å². The molecule has 2 rings (SSSR count). The molecule has 1 atom stereocenters. The number of carbonyl (C=O) groups is 1. The van der Waals surface area contributed by atoms with E-state index in [0.717, 1.165) is 5.69 Å². The van der Waals surface area contributed by atoms with Crippen LogP contribution in [0.5, 0.6) is 0 Å². The van der Waals surface area contributed by atoms with Gasteiger partial charge in [0.25, 0.3) is 0 Å². The van der Waals surface area contributed by atoms with Gasteiger partial charge in [0, 0.05) is 17.5 Å². The summed E-state index contributed by atoms with van der Waals surface area (Å²) in [6.45, 7) is 0. The fourth-order valence-corrected chi connectivity index (χ4v) is 1.72. The third-order valence-corrected chi connectivity index (χ3v) is 2.51. The summed E-state index contributed by atoms with van der Waals surface area (Å²) in [6.07, 6.45) is 2.75. The highest BCUT2D eigenvalue weighted by molar-refractivity contribution is 5.81. The Morgan fingerprint density at radius 1 is 1.69 bits per heavy atom. The quantitative estimate of drug-likeness (QED) is 0.647. The molecule has 0 fully saturated rings. The number of aryl methyl sites for hydroxylation is 1. The molecule has 1 aromatic heterocycles. The Morgan fingerprint density at radius 3 is 3.15 bits per heavy atom. The van der Waals surface area contributed by atoms with Crippen molar-refractivity contribution in [1.82, 2.24) is 4.98 Å². The van der Waals surface area contributed by atoms with Crippen LogP contribution in [0.4, 0.5) is 0 Å². The van der Waals surface area contributed by atoms with E-state index in [1.54, 1.807) is 18.3 Å². The second-order valence-corrected chi connectivity index (χ2v) is 3.27. The summed E-state index contributed by atoms with van der Waals surface area (Å²) in [5, 5.41) is 8.97. The van der Waals surface area contributed by atoms with Gasteiger partial charge in [0.15, 0.2) is 0 Å². The monoisotopic (exact) mass is 178 g/mol. The molecule has 1 heterocycles. The van der Waals surface area contributed by atoms with Gasteiger partial charge in [0.05, 0.1) is 0 Å². The van der Waals surface area contributed by atoms with E-state index < -0.39 is 11.5 Å². The number of nitrogens with two attached hydrogens (primary N) is 1. The third-order valence-electron chi connectivity index (χ3n) is 2.51. The van der Waals surface area contributed by atoms with E-state index in [2.05, 4.69) is 4.98 Å². The molecule has 0 amide bonds. The molecule has 0 saturated carbocycles. The van der Waals surface area contributed by atoms with Gasteiger partial charge in [-0.2, -0.15) is 0 Å². The van der Waals surface area contributed by atoms with Gasteiger partial charge < -0.3 is 10.8 Å². The SMILES string of the molecule is NC1(C(=O)O)CCc2ncccc21. The zero-order valence-corrected chi connectivity index (χ0v) is 7.03. The first-order valence-corrected chi connectivity index (χ1v) is 4.11. The molecule has 1 unspecified atom stereocenters. The first kappa shape index (κ1) is 8.19. The molecule has 68 valence electrons. The average Bonchev–Trinajstić information content (AvgIpc) is 2.47. The summed E-state index contributed by atoms with van der Waals surface area (Å²) < 4.78 is 0. The molecule has 4 nitrogen and oxygen atoms in total. The number of pyridine rings is 1. The van der Waals surface area contributed by atoms with E-state index in [4.69, 9.17) is 10.8 Å². The zero-order chi connectivity index (χ0) is 9.47. The first-order valence-electron chi connectivity index (χ1n) is 4.11. The minimum atomic E-state index is -1.22. The van der Waals surface area contributed by atoms with Crippen LogP contribution in [0.15, 0.2) is 18.3 Å². The Bertz CT molecular complexity index is 364. The lowest BCUT2D eigenvalue weighted by Crippen LogP contribution is -2.42. The summed E-state index contributed by atoms with van der Waals surface area (Å²) in [5.41, 5.74) is 6.02. The van der Waals surface area contributed by atoms with Gasteiger partial charge in [0.1, 0.15) is 5.54 Å². The molecule has 0 radical (unpaired) electrons. The second kappa shape index (κ2) is 2.53. The lowest BCUT2D eigenvalue weighted by molar-refractivity contribution is -0.143. The van der Waals surface area contributed by atoms with E-state index in [0.29, 0.717) is 18.4 Å². The van der Waals surface area contributed by atoms with Crippen molar-refractivity contribution in [3.63, 3.8) is 0 Å². The van der Waals surface area contributed by atoms with E-state index in [1.165, 1.54) is 0 Å². The van der Waals surface area contributed by atoms with Crippen LogP contribution >= 0.6 is 0 Å². The van der Waals surface area contributed by atoms with Crippen molar-refractivity contribution in [3.8, 4) is 0 Å². The molecule has 0 aromatic carbocycles. The van der Waals surface area contributed by atoms with Crippen LogP contribution in [0, 0.1) is 0 Å². The van der Waals surface area contributed by atoms with Crippen molar-refractivity contribution < 1.29 is 9.90 Å². The number of nitrogens with zero attached hydrogens (tertiary/aromatic N) is 1. The summed E-state index contributed by atoms with van der Waals surface area (Å²) >= 11 is 0. The van der Waals surface area contributed by atoms with Crippen LogP contribution in [-0.4, -0.2) is 16.1 Å². The molecule has 0 saturated heterocycles. The lowest BCUT2D eigenvalue weighted by Gasteiger charge is -2.18. The largest absolute Gasteiger partial charge is 0.480 e. The Balaban J connectivity index is 2.55. The first-order chi connectivity index (χ1) is 6.14. The average molecular weight is 178 g/mol. The van der Waals surface area contributed by atoms with E-state index >= 15 is 0 Å². The van der Waals surface area contributed by atoms with Crippen LogP contribution in [0.1, 0.15) is 17.7 Å². The number of carboxylic acids is 1. The molecular formula is C9H10N2O2. The normalized spacial score (nSPS) is 25.6. The molecule has 1 aliphatic rings. The van der Waals surface area contributed by atoms with Gasteiger partial charge >= 0.3 is 5.97 Å². The van der Waals surface area contributed by atoms with E-state index in [9.17, 15) is 4.79 Å². The highest BCUT2D eigenvalue weighted by Crippen LogP contribution is 2.33. The molecule has 0 bridgehead atoms. The van der Waals surface area contributed by atoms with Crippen LogP contribution in [0.25, 0.3) is 0 Å². The van der Waals surface area contributed by atoms with Crippen LogP contribution in [0.3, 0.4) is 0 Å². The van der Waals surface area contributed by atoms with Gasteiger partial charge in [-0.25, -0.2) is 4.79 Å². The molecule has 0 spiro atoms. The number of carboxylic acid groups (broad SMARTS) is 1. The summed E-state index contributed by atoms with van der Waals surface area (Å²) in [5.74, 6) is -0.973. The molecule has 13 heavy (non-hydrogen) atoms. The molecule has 1 aliphatic carbocycles. The van der Waals surface area contributed by atoms with Crippen LogP contribution < -0.4 is 5.73 Å². The van der Waals surface area contributed by atoms with Crippen molar-refractivity contribution in [2.24, 2.45) is 5.73 Å². The summed E-state index contributed by atoms with van der Waals surface area (Å²) in [4.78, 5) is 15.0. The smallest absolute Gasteiger partial charge is 0.328 e. The standard InChI is InChI=1S/C9H10N2O2/c10-9(8(12)13)4-3-7-6(9)2-1-5-11-7/h1-2,5H,3-4,10H2,(H,12,13). The maximum Gasteiger partial charge on any atom is 0.328 e. The van der Waals surface area contributed by atoms with Gasteiger partial charge in [-0.15, -0.1) is 0 Å². The highest BCUT2D eigenvalue weighted by atomic mass is 16.4. The topological polar surface area (TPSA) is 76.2 Å². The van der Waals surface area contributed by atoms with Gasteiger partial charge in [-0.1, -0.05) is 6.07 Å². The summed E-state index contributed by atoms with van der Waals surface area (Å²) in [6, 6.07) is 3.46. The Morgan fingerprint density at radius 2 is 2.46 bits per heavy atom. The van der Waals surface area contributed by atoms with Crippen molar-refractivity contribution in [3.05, 3.63) is 29.6 Å². The fraction of sp³-hybridized carbons (Fsp3) is 0.333. The molecule has 1 aromatic rings. The van der Waals surface area contributed by atoms with Crippen LogP contribution in [0.2, 0.25) is 0 Å². The van der Waals surface area contributed by atoms with Crippen LogP contribution in [-0.2, 0) is 16.8 Å². The predicted octanol–water partition coefficient (Wildman–Crippen LogP) is 0.266. The van der Waals surface area contributed by atoms with Gasteiger partial charge in [-0.05, 0) is 18.9 Å². The molecule has 0 aliphatic heterocycles. The third kappa shape index (κ3) is 1.02. The van der Waals surface area contributed by atoms with Crippen molar-refractivity contribution in [2.45, 2.75) is 18.4 Å². The number of aromatic nitrogens is 1. The minimum absolute atomic E-state index is 0.439.